The molecule has 0 radical (unpaired) electrons. The molecule has 0 aliphatic heterocycles. The number of hydrogen-bond acceptors (Lipinski definition) is 4. The Morgan fingerprint density at radius 3 is 2.86 bits per heavy atom. The van der Waals surface area contributed by atoms with E-state index in [1.165, 1.54) is 0 Å². The molecule has 0 spiro atoms. The van der Waals surface area contributed by atoms with E-state index in [2.05, 4.69) is 10.5 Å². The second-order valence-electron chi connectivity index (χ2n) is 3.42. The summed E-state index contributed by atoms with van der Waals surface area (Å²) < 4.78 is 6.94. The molecule has 14 heavy (non-hydrogen) atoms. The molecule has 0 fully saturated rings. The quantitative estimate of drug-likeness (QED) is 0.529. The van der Waals surface area contributed by atoms with Crippen LogP contribution in [0.4, 0.5) is 0 Å². The highest BCUT2D eigenvalue weighted by atomic mass is 16.5. The molecule has 0 aliphatic rings. The van der Waals surface area contributed by atoms with Gasteiger partial charge in [-0.3, -0.25) is 16.0 Å². The zero-order chi connectivity index (χ0) is 10.6. The number of hydrogen-bond donors (Lipinski definition) is 2. The fourth-order valence-corrected chi connectivity index (χ4v) is 1.32. The molecule has 3 N–H and O–H groups in total. The van der Waals surface area contributed by atoms with Crippen molar-refractivity contribution in [1.82, 2.24) is 15.2 Å². The Balaban J connectivity index is 2.62. The predicted molar refractivity (Wildman–Crippen MR) is 54.4 cm³/mol. The minimum atomic E-state index is 0.0474. The van der Waals surface area contributed by atoms with Crippen molar-refractivity contribution in [3.8, 4) is 0 Å². The van der Waals surface area contributed by atoms with E-state index in [9.17, 15) is 0 Å². The monoisotopic (exact) mass is 198 g/mol. The van der Waals surface area contributed by atoms with Crippen LogP contribution in [0.25, 0.3) is 0 Å². The standard InChI is InChI=1S/C9H18N4O/c1-7(14-3)6-9(11-10)8-4-5-13(2)12-8/h4-5,7,9,11H,6,10H2,1-3H3. The fourth-order valence-electron chi connectivity index (χ4n) is 1.32. The molecular formula is C9H18N4O. The van der Waals surface area contributed by atoms with Gasteiger partial charge in [-0.1, -0.05) is 0 Å². The lowest BCUT2D eigenvalue weighted by Gasteiger charge is -2.17. The third kappa shape index (κ3) is 2.80. The van der Waals surface area contributed by atoms with Gasteiger partial charge in [-0.15, -0.1) is 0 Å². The minimum absolute atomic E-state index is 0.0474. The van der Waals surface area contributed by atoms with Crippen LogP contribution in [0.15, 0.2) is 12.3 Å². The molecule has 0 saturated heterocycles. The van der Waals surface area contributed by atoms with Gasteiger partial charge >= 0.3 is 0 Å². The second kappa shape index (κ2) is 5.09. The lowest BCUT2D eigenvalue weighted by molar-refractivity contribution is 0.0998. The number of hydrazine groups is 1. The van der Waals surface area contributed by atoms with Gasteiger partial charge in [0.2, 0.25) is 0 Å². The number of nitrogens with two attached hydrogens (primary N) is 1. The lowest BCUT2D eigenvalue weighted by atomic mass is 10.1. The summed E-state index contributed by atoms with van der Waals surface area (Å²) in [5, 5.41) is 4.29. The van der Waals surface area contributed by atoms with Crippen LogP contribution in [0, 0.1) is 0 Å². The van der Waals surface area contributed by atoms with Crippen LogP contribution in [-0.2, 0) is 11.8 Å². The van der Waals surface area contributed by atoms with Gasteiger partial charge in [-0.05, 0) is 19.4 Å². The zero-order valence-electron chi connectivity index (χ0n) is 8.90. The van der Waals surface area contributed by atoms with Gasteiger partial charge < -0.3 is 4.74 Å². The number of aryl methyl sites for hydroxylation is 1. The lowest BCUT2D eigenvalue weighted by Crippen LogP contribution is -2.31. The van der Waals surface area contributed by atoms with Gasteiger partial charge in [-0.2, -0.15) is 5.10 Å². The van der Waals surface area contributed by atoms with Crippen LogP contribution in [0.1, 0.15) is 25.1 Å². The highest BCUT2D eigenvalue weighted by Gasteiger charge is 2.15. The summed E-state index contributed by atoms with van der Waals surface area (Å²) in [6, 6.07) is 2.00. The van der Waals surface area contributed by atoms with Crippen molar-refractivity contribution in [1.29, 1.82) is 0 Å². The highest BCUT2D eigenvalue weighted by Crippen LogP contribution is 2.16. The Hall–Kier alpha value is -0.910. The van der Waals surface area contributed by atoms with Crippen LogP contribution in [0.5, 0.6) is 0 Å². The van der Waals surface area contributed by atoms with Crippen LogP contribution >= 0.6 is 0 Å². The molecule has 0 saturated carbocycles. The average Bonchev–Trinajstić information content (AvgIpc) is 2.60. The van der Waals surface area contributed by atoms with Crippen molar-refractivity contribution < 1.29 is 4.74 Å². The minimum Gasteiger partial charge on any atom is -0.382 e. The predicted octanol–water partition coefficient (Wildman–Crippen LogP) is 0.349. The van der Waals surface area contributed by atoms with E-state index in [0.29, 0.717) is 0 Å². The summed E-state index contributed by atoms with van der Waals surface area (Å²) >= 11 is 0. The van der Waals surface area contributed by atoms with Crippen molar-refractivity contribution in [2.45, 2.75) is 25.5 Å². The summed E-state index contributed by atoms with van der Waals surface area (Å²) in [5.41, 5.74) is 3.68. The van der Waals surface area contributed by atoms with E-state index < -0.39 is 0 Å². The van der Waals surface area contributed by atoms with Crippen molar-refractivity contribution in [3.63, 3.8) is 0 Å². The third-order valence-electron chi connectivity index (χ3n) is 2.26. The van der Waals surface area contributed by atoms with Gasteiger partial charge in [0.15, 0.2) is 0 Å². The first-order valence-corrected chi connectivity index (χ1v) is 4.65. The number of nitrogens with one attached hydrogen (secondary N) is 1. The average molecular weight is 198 g/mol. The van der Waals surface area contributed by atoms with Gasteiger partial charge in [0.1, 0.15) is 0 Å². The molecular weight excluding hydrogens is 180 g/mol. The smallest absolute Gasteiger partial charge is 0.0808 e. The molecule has 1 rings (SSSR count). The summed E-state index contributed by atoms with van der Waals surface area (Å²) in [7, 11) is 3.58. The second-order valence-corrected chi connectivity index (χ2v) is 3.42. The summed E-state index contributed by atoms with van der Waals surface area (Å²) in [5.74, 6) is 5.46. The Labute approximate surface area is 84.2 Å². The maximum absolute atomic E-state index is 5.46. The summed E-state index contributed by atoms with van der Waals surface area (Å²) in [6.45, 7) is 2.01. The number of ether oxygens (including phenoxy) is 1. The molecule has 5 nitrogen and oxygen atoms in total. The molecule has 1 heterocycles. The number of methoxy groups -OCH3 is 1. The molecule has 0 aromatic carbocycles. The van der Waals surface area contributed by atoms with Crippen molar-refractivity contribution >= 4 is 0 Å². The molecule has 2 atom stereocenters. The molecule has 2 unspecified atom stereocenters. The SMILES string of the molecule is COC(C)CC(NN)c1ccn(C)n1. The number of rotatable bonds is 5. The van der Waals surface area contributed by atoms with Gasteiger partial charge in [0.25, 0.3) is 0 Å². The van der Waals surface area contributed by atoms with Gasteiger partial charge in [0.05, 0.1) is 17.8 Å². The molecule has 0 bridgehead atoms. The molecule has 5 heteroatoms. The zero-order valence-corrected chi connectivity index (χ0v) is 8.90. The van der Waals surface area contributed by atoms with E-state index in [0.717, 1.165) is 12.1 Å². The van der Waals surface area contributed by atoms with Crippen molar-refractivity contribution in [2.75, 3.05) is 7.11 Å². The van der Waals surface area contributed by atoms with Crippen molar-refractivity contribution in [3.05, 3.63) is 18.0 Å². The fraction of sp³-hybridized carbons (Fsp3) is 0.667. The molecule has 0 aliphatic carbocycles. The van der Waals surface area contributed by atoms with Crippen LogP contribution in [-0.4, -0.2) is 23.0 Å². The van der Waals surface area contributed by atoms with E-state index in [-0.39, 0.29) is 12.1 Å². The maximum atomic E-state index is 5.46. The Morgan fingerprint density at radius 1 is 1.71 bits per heavy atom. The van der Waals surface area contributed by atoms with Crippen LogP contribution in [0.2, 0.25) is 0 Å². The Bertz CT molecular complexity index is 274. The Morgan fingerprint density at radius 2 is 2.43 bits per heavy atom. The first-order chi connectivity index (χ1) is 6.67. The van der Waals surface area contributed by atoms with E-state index in [1.54, 1.807) is 11.8 Å². The van der Waals surface area contributed by atoms with Crippen LogP contribution < -0.4 is 11.3 Å². The highest BCUT2D eigenvalue weighted by molar-refractivity contribution is 5.05. The van der Waals surface area contributed by atoms with Gasteiger partial charge in [0, 0.05) is 20.4 Å². The van der Waals surface area contributed by atoms with Gasteiger partial charge in [-0.25, -0.2) is 0 Å². The number of nitrogens with zero attached hydrogens (tertiary/aromatic N) is 2. The maximum Gasteiger partial charge on any atom is 0.0808 e. The first-order valence-electron chi connectivity index (χ1n) is 4.65. The number of aromatic nitrogens is 2. The molecule has 1 aromatic heterocycles. The molecule has 0 amide bonds. The normalized spacial score (nSPS) is 15.4. The third-order valence-corrected chi connectivity index (χ3v) is 2.26. The Kier molecular flexibility index (Phi) is 4.06. The van der Waals surface area contributed by atoms with E-state index in [4.69, 9.17) is 10.6 Å². The van der Waals surface area contributed by atoms with E-state index in [1.807, 2.05) is 26.2 Å². The first kappa shape index (κ1) is 11.2. The van der Waals surface area contributed by atoms with E-state index >= 15 is 0 Å². The molecule has 1 aromatic rings. The van der Waals surface area contributed by atoms with Crippen molar-refractivity contribution in [2.24, 2.45) is 12.9 Å². The largest absolute Gasteiger partial charge is 0.382 e. The molecule has 80 valence electrons. The summed E-state index contributed by atoms with van der Waals surface area (Å²) in [4.78, 5) is 0. The van der Waals surface area contributed by atoms with Crippen LogP contribution in [0.3, 0.4) is 0 Å². The summed E-state index contributed by atoms with van der Waals surface area (Å²) in [6.07, 6.45) is 2.87. The topological polar surface area (TPSA) is 65.1 Å².